The fourth-order valence-corrected chi connectivity index (χ4v) is 2.31. The van der Waals surface area contributed by atoms with Crippen LogP contribution in [-0.2, 0) is 6.61 Å². The topological polar surface area (TPSA) is 33.1 Å². The molecular formula is C10H7Cl2NOS. The van der Waals surface area contributed by atoms with Crippen molar-refractivity contribution in [1.29, 1.82) is 0 Å². The molecule has 0 amide bonds. The Kier molecular flexibility index (Phi) is 3.26. The molecule has 0 spiro atoms. The van der Waals surface area contributed by atoms with Crippen molar-refractivity contribution < 1.29 is 5.11 Å². The zero-order chi connectivity index (χ0) is 10.8. The van der Waals surface area contributed by atoms with E-state index in [-0.39, 0.29) is 6.61 Å². The van der Waals surface area contributed by atoms with Gasteiger partial charge in [0.25, 0.3) is 0 Å². The van der Waals surface area contributed by atoms with E-state index in [9.17, 15) is 0 Å². The molecule has 1 aromatic heterocycles. The second kappa shape index (κ2) is 4.49. The lowest BCUT2D eigenvalue weighted by molar-refractivity contribution is 0.285. The van der Waals surface area contributed by atoms with Gasteiger partial charge in [-0.1, -0.05) is 23.2 Å². The molecule has 0 aliphatic carbocycles. The molecule has 0 aliphatic rings. The number of aliphatic hydroxyl groups excluding tert-OH is 1. The lowest BCUT2D eigenvalue weighted by Gasteiger charge is -2.00. The predicted molar refractivity (Wildman–Crippen MR) is 63.5 cm³/mol. The Balaban J connectivity index is 2.44. The van der Waals surface area contributed by atoms with Gasteiger partial charge in [0, 0.05) is 10.6 Å². The highest BCUT2D eigenvalue weighted by Gasteiger charge is 2.08. The first-order chi connectivity index (χ1) is 7.20. The molecule has 0 unspecified atom stereocenters. The Morgan fingerprint density at radius 2 is 2.07 bits per heavy atom. The third kappa shape index (κ3) is 2.32. The molecule has 0 fully saturated rings. The third-order valence-electron chi connectivity index (χ3n) is 1.92. The molecule has 1 N–H and O–H groups in total. The normalized spacial score (nSPS) is 10.6. The van der Waals surface area contributed by atoms with E-state index in [1.54, 1.807) is 12.1 Å². The van der Waals surface area contributed by atoms with Gasteiger partial charge in [-0.25, -0.2) is 0 Å². The number of aromatic nitrogens is 1. The zero-order valence-electron chi connectivity index (χ0n) is 7.58. The standard InChI is InChI=1S/C10H7Cl2NOS/c11-6-1-2-8(9(12)3-6)10-4-7(5-14)15-13-10/h1-4,14H,5H2. The Labute approximate surface area is 101 Å². The van der Waals surface area contributed by atoms with Crippen LogP contribution in [0.4, 0.5) is 0 Å². The summed E-state index contributed by atoms with van der Waals surface area (Å²) in [4.78, 5) is 0.816. The highest BCUT2D eigenvalue weighted by Crippen LogP contribution is 2.30. The molecule has 2 rings (SSSR count). The van der Waals surface area contributed by atoms with Gasteiger partial charge in [-0.15, -0.1) is 0 Å². The first-order valence-corrected chi connectivity index (χ1v) is 5.75. The Morgan fingerprint density at radius 3 is 2.67 bits per heavy atom. The molecule has 0 radical (unpaired) electrons. The maximum Gasteiger partial charge on any atom is 0.0859 e. The van der Waals surface area contributed by atoms with Gasteiger partial charge >= 0.3 is 0 Å². The molecule has 78 valence electrons. The van der Waals surface area contributed by atoms with Gasteiger partial charge in [-0.05, 0) is 35.8 Å². The van der Waals surface area contributed by atoms with Crippen LogP contribution in [0.5, 0.6) is 0 Å². The average Bonchev–Trinajstić information content (AvgIpc) is 2.66. The molecule has 1 aromatic carbocycles. The fraction of sp³-hybridized carbons (Fsp3) is 0.100. The number of benzene rings is 1. The summed E-state index contributed by atoms with van der Waals surface area (Å²) in [6.07, 6.45) is 0. The van der Waals surface area contributed by atoms with E-state index in [2.05, 4.69) is 4.37 Å². The molecule has 0 saturated carbocycles. The fourth-order valence-electron chi connectivity index (χ4n) is 1.21. The van der Waals surface area contributed by atoms with Crippen LogP contribution in [0.1, 0.15) is 4.88 Å². The summed E-state index contributed by atoms with van der Waals surface area (Å²) in [5, 5.41) is 10.1. The maximum absolute atomic E-state index is 8.93. The van der Waals surface area contributed by atoms with Crippen molar-refractivity contribution in [2.45, 2.75) is 6.61 Å². The minimum atomic E-state index is 0.00285. The average molecular weight is 260 g/mol. The van der Waals surface area contributed by atoms with E-state index in [1.807, 2.05) is 12.1 Å². The summed E-state index contributed by atoms with van der Waals surface area (Å²) in [5.74, 6) is 0. The highest BCUT2D eigenvalue weighted by atomic mass is 35.5. The lowest BCUT2D eigenvalue weighted by atomic mass is 10.1. The highest BCUT2D eigenvalue weighted by molar-refractivity contribution is 7.06. The Bertz CT molecular complexity index is 484. The molecule has 15 heavy (non-hydrogen) atoms. The minimum absolute atomic E-state index is 0.00285. The number of halogens is 2. The van der Waals surface area contributed by atoms with Crippen molar-refractivity contribution in [1.82, 2.24) is 4.37 Å². The molecule has 2 aromatic rings. The van der Waals surface area contributed by atoms with Crippen LogP contribution in [0.3, 0.4) is 0 Å². The number of nitrogens with zero attached hydrogens (tertiary/aromatic N) is 1. The minimum Gasteiger partial charge on any atom is -0.391 e. The van der Waals surface area contributed by atoms with E-state index in [1.165, 1.54) is 11.5 Å². The number of hydrogen-bond donors (Lipinski definition) is 1. The molecule has 0 atom stereocenters. The van der Waals surface area contributed by atoms with E-state index >= 15 is 0 Å². The summed E-state index contributed by atoms with van der Waals surface area (Å²) in [5.41, 5.74) is 1.60. The monoisotopic (exact) mass is 259 g/mol. The van der Waals surface area contributed by atoms with Crippen molar-refractivity contribution in [2.24, 2.45) is 0 Å². The summed E-state index contributed by atoms with van der Waals surface area (Å²) in [7, 11) is 0. The molecule has 0 aliphatic heterocycles. The molecule has 2 nitrogen and oxygen atoms in total. The van der Waals surface area contributed by atoms with Crippen LogP contribution in [0, 0.1) is 0 Å². The Morgan fingerprint density at radius 1 is 1.27 bits per heavy atom. The smallest absolute Gasteiger partial charge is 0.0859 e. The summed E-state index contributed by atoms with van der Waals surface area (Å²) >= 11 is 13.1. The van der Waals surface area contributed by atoms with Crippen LogP contribution in [0.15, 0.2) is 24.3 Å². The van der Waals surface area contributed by atoms with Crippen molar-refractivity contribution in [3.05, 3.63) is 39.2 Å². The zero-order valence-corrected chi connectivity index (χ0v) is 9.90. The summed E-state index contributed by atoms with van der Waals surface area (Å²) in [6.45, 7) is 0.00285. The van der Waals surface area contributed by atoms with E-state index in [0.29, 0.717) is 10.0 Å². The van der Waals surface area contributed by atoms with Gasteiger partial charge in [-0.3, -0.25) is 0 Å². The van der Waals surface area contributed by atoms with Gasteiger partial charge < -0.3 is 5.11 Å². The number of rotatable bonds is 2. The van der Waals surface area contributed by atoms with Crippen LogP contribution < -0.4 is 0 Å². The largest absolute Gasteiger partial charge is 0.391 e. The number of hydrogen-bond acceptors (Lipinski definition) is 3. The van der Waals surface area contributed by atoms with E-state index in [4.69, 9.17) is 28.3 Å². The third-order valence-corrected chi connectivity index (χ3v) is 3.24. The number of aliphatic hydroxyl groups is 1. The lowest BCUT2D eigenvalue weighted by Crippen LogP contribution is -1.79. The van der Waals surface area contributed by atoms with Crippen LogP contribution in [-0.4, -0.2) is 9.48 Å². The van der Waals surface area contributed by atoms with Gasteiger partial charge in [0.1, 0.15) is 0 Å². The second-order valence-electron chi connectivity index (χ2n) is 2.96. The molecule has 5 heteroatoms. The SMILES string of the molecule is OCc1cc(-c2ccc(Cl)cc2Cl)ns1. The summed E-state index contributed by atoms with van der Waals surface area (Å²) < 4.78 is 4.20. The second-order valence-corrected chi connectivity index (χ2v) is 4.69. The summed E-state index contributed by atoms with van der Waals surface area (Å²) in [6, 6.07) is 7.08. The molecule has 0 bridgehead atoms. The predicted octanol–water partition coefficient (Wildman–Crippen LogP) is 3.61. The van der Waals surface area contributed by atoms with Crippen LogP contribution in [0.25, 0.3) is 11.3 Å². The van der Waals surface area contributed by atoms with Crippen molar-refractivity contribution >= 4 is 34.7 Å². The first-order valence-electron chi connectivity index (χ1n) is 4.22. The van der Waals surface area contributed by atoms with E-state index < -0.39 is 0 Å². The maximum atomic E-state index is 8.93. The quantitative estimate of drug-likeness (QED) is 0.894. The van der Waals surface area contributed by atoms with Crippen LogP contribution in [0.2, 0.25) is 10.0 Å². The van der Waals surface area contributed by atoms with Crippen molar-refractivity contribution in [2.75, 3.05) is 0 Å². The molecule has 0 saturated heterocycles. The van der Waals surface area contributed by atoms with Crippen LogP contribution >= 0.6 is 34.7 Å². The van der Waals surface area contributed by atoms with Gasteiger partial charge in [0.05, 0.1) is 22.2 Å². The molecular weight excluding hydrogens is 253 g/mol. The van der Waals surface area contributed by atoms with E-state index in [0.717, 1.165) is 16.1 Å². The van der Waals surface area contributed by atoms with Crippen molar-refractivity contribution in [3.63, 3.8) is 0 Å². The van der Waals surface area contributed by atoms with Crippen molar-refractivity contribution in [3.8, 4) is 11.3 Å². The van der Waals surface area contributed by atoms with Gasteiger partial charge in [0.15, 0.2) is 0 Å². The first kappa shape index (κ1) is 10.9. The van der Waals surface area contributed by atoms with Gasteiger partial charge in [-0.2, -0.15) is 4.37 Å². The van der Waals surface area contributed by atoms with Gasteiger partial charge in [0.2, 0.25) is 0 Å². The Hall–Kier alpha value is -0.610. The molecule has 1 heterocycles.